The second-order valence-electron chi connectivity index (χ2n) is 7.12. The zero-order valence-electron chi connectivity index (χ0n) is 16.0. The molecule has 1 fully saturated rings. The Labute approximate surface area is 160 Å². The molecule has 1 N–H and O–H groups in total. The molecule has 1 aliphatic heterocycles. The van der Waals surface area contributed by atoms with Crippen LogP contribution in [0.15, 0.2) is 47.1 Å². The largest absolute Gasteiger partial charge is 0.467 e. The minimum atomic E-state index is -0.304. The number of hydrogen-bond acceptors (Lipinski definition) is 4. The van der Waals surface area contributed by atoms with Gasteiger partial charge in [-0.25, -0.2) is 0 Å². The molecule has 0 radical (unpaired) electrons. The number of likely N-dealkylation sites (tertiary alicyclic amines) is 1. The first-order valence-electron chi connectivity index (χ1n) is 9.39. The first-order valence-corrected chi connectivity index (χ1v) is 9.39. The lowest BCUT2D eigenvalue weighted by molar-refractivity contribution is -0.129. The third kappa shape index (κ3) is 5.20. The van der Waals surface area contributed by atoms with Crippen molar-refractivity contribution in [1.82, 2.24) is 15.1 Å². The molecule has 0 unspecified atom stereocenters. The number of hydrogen-bond donors (Lipinski definition) is 1. The van der Waals surface area contributed by atoms with Gasteiger partial charge in [-0.1, -0.05) is 31.2 Å². The fraction of sp³-hybridized carbons (Fsp3) is 0.429. The molecule has 144 valence electrons. The number of carbonyl (C=O) groups excluding carboxylic acids is 2. The lowest BCUT2D eigenvalue weighted by Crippen LogP contribution is -2.32. The van der Waals surface area contributed by atoms with Crippen LogP contribution < -0.4 is 5.32 Å². The van der Waals surface area contributed by atoms with E-state index < -0.39 is 0 Å². The van der Waals surface area contributed by atoms with E-state index >= 15 is 0 Å². The minimum absolute atomic E-state index is 0.00356. The number of nitrogens with zero attached hydrogens (tertiary/aromatic N) is 2. The molecule has 2 aromatic rings. The zero-order chi connectivity index (χ0) is 19.2. The van der Waals surface area contributed by atoms with Crippen molar-refractivity contribution in [2.24, 2.45) is 5.92 Å². The first kappa shape index (κ1) is 19.2. The van der Waals surface area contributed by atoms with E-state index in [9.17, 15) is 9.59 Å². The van der Waals surface area contributed by atoms with Gasteiger partial charge in [-0.3, -0.25) is 9.59 Å². The fourth-order valence-corrected chi connectivity index (χ4v) is 3.29. The molecule has 0 aliphatic carbocycles. The molecule has 2 heterocycles. The highest BCUT2D eigenvalue weighted by Crippen LogP contribution is 2.20. The Hall–Kier alpha value is -2.60. The van der Waals surface area contributed by atoms with Gasteiger partial charge >= 0.3 is 0 Å². The molecule has 2 amide bonds. The average molecular weight is 369 g/mol. The van der Waals surface area contributed by atoms with Crippen LogP contribution in [-0.4, -0.2) is 41.8 Å². The molecule has 3 rings (SSSR count). The van der Waals surface area contributed by atoms with Gasteiger partial charge in [0.25, 0.3) is 0 Å². The third-order valence-electron chi connectivity index (χ3n) is 4.96. The van der Waals surface area contributed by atoms with Gasteiger partial charge in [-0.15, -0.1) is 0 Å². The maximum absolute atomic E-state index is 12.5. The molecular formula is C21H27N3O3. The van der Waals surface area contributed by atoms with Gasteiger partial charge in [0.05, 0.1) is 18.7 Å². The highest BCUT2D eigenvalue weighted by molar-refractivity contribution is 5.89. The number of nitrogens with one attached hydrogen (secondary N) is 1. The predicted molar refractivity (Wildman–Crippen MR) is 103 cm³/mol. The van der Waals surface area contributed by atoms with Crippen molar-refractivity contribution < 1.29 is 14.0 Å². The van der Waals surface area contributed by atoms with Crippen molar-refractivity contribution in [2.75, 3.05) is 20.1 Å². The van der Waals surface area contributed by atoms with Crippen LogP contribution in [-0.2, 0) is 29.2 Å². The molecular weight excluding hydrogens is 342 g/mol. The third-order valence-corrected chi connectivity index (χ3v) is 4.96. The van der Waals surface area contributed by atoms with Crippen LogP contribution >= 0.6 is 0 Å². The van der Waals surface area contributed by atoms with Crippen molar-refractivity contribution >= 4 is 11.8 Å². The number of rotatable bonds is 8. The zero-order valence-corrected chi connectivity index (χ0v) is 16.0. The topological polar surface area (TPSA) is 65.8 Å². The van der Waals surface area contributed by atoms with Crippen molar-refractivity contribution in [1.29, 1.82) is 0 Å². The SMILES string of the molecule is CCN(C)Cc1cccc(CNC(=O)[C@H]2CC(=O)N(Cc3ccco3)C2)c1. The summed E-state index contributed by atoms with van der Waals surface area (Å²) in [6.07, 6.45) is 1.85. The van der Waals surface area contributed by atoms with Gasteiger partial charge in [-0.05, 0) is 36.9 Å². The molecule has 6 nitrogen and oxygen atoms in total. The Morgan fingerprint density at radius 3 is 2.85 bits per heavy atom. The van der Waals surface area contributed by atoms with Crippen molar-refractivity contribution in [2.45, 2.75) is 33.0 Å². The van der Waals surface area contributed by atoms with Gasteiger partial charge in [0, 0.05) is 26.1 Å². The number of carbonyl (C=O) groups is 2. The number of furan rings is 1. The lowest BCUT2D eigenvalue weighted by Gasteiger charge is -2.16. The summed E-state index contributed by atoms with van der Waals surface area (Å²) in [7, 11) is 2.08. The van der Waals surface area contributed by atoms with Crippen molar-refractivity contribution in [3.63, 3.8) is 0 Å². The van der Waals surface area contributed by atoms with Crippen molar-refractivity contribution in [3.8, 4) is 0 Å². The highest BCUT2D eigenvalue weighted by Gasteiger charge is 2.34. The second-order valence-corrected chi connectivity index (χ2v) is 7.12. The molecule has 1 aliphatic rings. The van der Waals surface area contributed by atoms with Crippen LogP contribution in [0.25, 0.3) is 0 Å². The van der Waals surface area contributed by atoms with E-state index in [2.05, 4.69) is 36.3 Å². The van der Waals surface area contributed by atoms with E-state index in [-0.39, 0.29) is 24.2 Å². The molecule has 0 spiro atoms. The molecule has 27 heavy (non-hydrogen) atoms. The normalized spacial score (nSPS) is 16.9. The summed E-state index contributed by atoms with van der Waals surface area (Å²) in [6, 6.07) is 11.9. The standard InChI is InChI=1S/C21H27N3O3/c1-3-23(2)13-17-7-4-6-16(10-17)12-22-21(26)18-11-20(25)24(14-18)15-19-8-5-9-27-19/h4-10,18H,3,11-15H2,1-2H3,(H,22,26)/t18-/m0/s1. The summed E-state index contributed by atoms with van der Waals surface area (Å²) >= 11 is 0. The van der Waals surface area contributed by atoms with E-state index in [1.165, 1.54) is 5.56 Å². The van der Waals surface area contributed by atoms with E-state index in [1.807, 2.05) is 18.2 Å². The summed E-state index contributed by atoms with van der Waals surface area (Å²) in [5.74, 6) is 0.359. The Kier molecular flexibility index (Phi) is 6.29. The minimum Gasteiger partial charge on any atom is -0.467 e. The second kappa shape index (κ2) is 8.86. The Balaban J connectivity index is 1.51. The van der Waals surface area contributed by atoms with Gasteiger partial charge in [-0.2, -0.15) is 0 Å². The van der Waals surface area contributed by atoms with Gasteiger partial charge in [0.2, 0.25) is 11.8 Å². The average Bonchev–Trinajstić information content (AvgIpc) is 3.30. The molecule has 1 aromatic heterocycles. The maximum atomic E-state index is 12.5. The van der Waals surface area contributed by atoms with E-state index in [4.69, 9.17) is 4.42 Å². The first-order chi connectivity index (χ1) is 13.0. The van der Waals surface area contributed by atoms with E-state index in [1.54, 1.807) is 17.2 Å². The summed E-state index contributed by atoms with van der Waals surface area (Å²) in [4.78, 5) is 28.6. The van der Waals surface area contributed by atoms with Crippen LogP contribution in [0.2, 0.25) is 0 Å². The summed E-state index contributed by atoms with van der Waals surface area (Å²) in [5.41, 5.74) is 2.30. The number of amides is 2. The molecule has 1 aromatic carbocycles. The van der Waals surface area contributed by atoms with Gasteiger partial charge < -0.3 is 19.5 Å². The molecule has 0 saturated carbocycles. The van der Waals surface area contributed by atoms with E-state index in [0.29, 0.717) is 19.6 Å². The summed E-state index contributed by atoms with van der Waals surface area (Å²) in [5, 5.41) is 2.98. The molecule has 1 atom stereocenters. The molecule has 1 saturated heterocycles. The summed E-state index contributed by atoms with van der Waals surface area (Å²) < 4.78 is 5.29. The Morgan fingerprint density at radius 2 is 2.11 bits per heavy atom. The van der Waals surface area contributed by atoms with Crippen LogP contribution in [0.3, 0.4) is 0 Å². The maximum Gasteiger partial charge on any atom is 0.225 e. The smallest absolute Gasteiger partial charge is 0.225 e. The van der Waals surface area contributed by atoms with Crippen LogP contribution in [0.4, 0.5) is 0 Å². The van der Waals surface area contributed by atoms with Gasteiger partial charge in [0.1, 0.15) is 5.76 Å². The molecule has 0 bridgehead atoms. The van der Waals surface area contributed by atoms with Gasteiger partial charge in [0.15, 0.2) is 0 Å². The Morgan fingerprint density at radius 1 is 1.30 bits per heavy atom. The van der Waals surface area contributed by atoms with E-state index in [0.717, 1.165) is 24.4 Å². The fourth-order valence-electron chi connectivity index (χ4n) is 3.29. The van der Waals surface area contributed by atoms with Crippen LogP contribution in [0.1, 0.15) is 30.2 Å². The lowest BCUT2D eigenvalue weighted by atomic mass is 10.1. The Bertz CT molecular complexity index is 773. The quantitative estimate of drug-likeness (QED) is 0.776. The highest BCUT2D eigenvalue weighted by atomic mass is 16.3. The monoisotopic (exact) mass is 369 g/mol. The predicted octanol–water partition coefficient (Wildman–Crippen LogP) is 2.40. The number of benzene rings is 1. The van der Waals surface area contributed by atoms with Crippen molar-refractivity contribution in [3.05, 3.63) is 59.5 Å². The summed E-state index contributed by atoms with van der Waals surface area (Å²) in [6.45, 7) is 5.34. The van der Waals surface area contributed by atoms with Crippen LogP contribution in [0, 0.1) is 5.92 Å². The molecule has 6 heteroatoms. The van der Waals surface area contributed by atoms with Crippen LogP contribution in [0.5, 0.6) is 0 Å².